The second kappa shape index (κ2) is 49.5. The smallest absolute Gasteiger partial charge is 0.246 e. The highest BCUT2D eigenvalue weighted by atomic mass is 32.1. The van der Waals surface area contributed by atoms with Crippen molar-refractivity contribution in [3.63, 3.8) is 0 Å². The van der Waals surface area contributed by atoms with Crippen LogP contribution in [0.1, 0.15) is 187 Å². The van der Waals surface area contributed by atoms with Crippen LogP contribution in [0.4, 0.5) is 8.78 Å². The van der Waals surface area contributed by atoms with E-state index in [9.17, 15) is 47.1 Å². The van der Waals surface area contributed by atoms with Crippen LogP contribution in [0.2, 0.25) is 0 Å². The van der Waals surface area contributed by atoms with Crippen molar-refractivity contribution >= 4 is 136 Å². The number of carbonyl (C=O) groups excluding carboxylic acids is 8. The number of hydrogen-bond acceptors (Lipinski definition) is 28. The zero-order valence-corrected chi connectivity index (χ0v) is 87.1. The van der Waals surface area contributed by atoms with Crippen molar-refractivity contribution < 1.29 is 70.6 Å². The van der Waals surface area contributed by atoms with E-state index >= 15 is 0 Å². The van der Waals surface area contributed by atoms with E-state index in [1.165, 1.54) is 57.7 Å². The predicted octanol–water partition coefficient (Wildman–Crippen LogP) is 15.1. The molecule has 774 valence electrons. The summed E-state index contributed by atoms with van der Waals surface area (Å²) in [6, 6.07) is 30.8. The quantitative estimate of drug-likeness (QED) is 0.0226. The number of ether oxygens (including phenoxy) is 4. The summed E-state index contributed by atoms with van der Waals surface area (Å²) >= 11 is 6.17. The topological polar surface area (TPSA) is 400 Å². The highest BCUT2D eigenvalue weighted by Crippen LogP contribution is 2.45. The van der Waals surface area contributed by atoms with Crippen molar-refractivity contribution in [1.82, 2.24) is 91.9 Å². The van der Waals surface area contributed by atoms with E-state index in [0.717, 1.165) is 179 Å². The number of carbonyl (C=O) groups is 8. The molecule has 15 heterocycles. The van der Waals surface area contributed by atoms with Gasteiger partial charge in [-0.15, -0.1) is 45.3 Å². The predicted molar refractivity (Wildman–Crippen MR) is 561 cm³/mol. The molecule has 146 heavy (non-hydrogen) atoms. The average molecular weight is 2070 g/mol. The average Bonchev–Trinajstić information content (AvgIpc) is 1.62. The third-order valence-electron chi connectivity index (χ3n) is 29.7. The number of rotatable bonds is 28. The molecule has 38 heteroatoms. The number of nitrogens with one attached hydrogen (secondary N) is 7. The molecule has 20 rings (SSSR count). The third-order valence-corrected chi connectivity index (χ3v) is 33.5. The van der Waals surface area contributed by atoms with E-state index in [1.54, 1.807) is 76.7 Å². The van der Waals surface area contributed by atoms with Crippen molar-refractivity contribution in [2.75, 3.05) is 100 Å². The minimum atomic E-state index is -0.614. The molecule has 7 aromatic heterocycles. The number of aryl methyl sites for hydroxylation is 1. The molecule has 12 atom stereocenters. The maximum Gasteiger partial charge on any atom is 0.246 e. The first-order valence-corrected chi connectivity index (χ1v) is 54.7. The zero-order chi connectivity index (χ0) is 102. The molecule has 12 aromatic rings. The lowest BCUT2D eigenvalue weighted by atomic mass is 9.90. The lowest BCUT2D eigenvalue weighted by molar-refractivity contribution is -0.140. The van der Waals surface area contributed by atoms with Crippen molar-refractivity contribution in [3.8, 4) is 45.2 Å². The number of likely N-dealkylation sites (tertiary alicyclic amines) is 4. The number of pyridine rings is 2. The van der Waals surface area contributed by atoms with Crippen LogP contribution in [0.15, 0.2) is 148 Å². The highest BCUT2D eigenvalue weighted by Gasteiger charge is 2.47. The van der Waals surface area contributed by atoms with Gasteiger partial charge in [-0.25, -0.2) is 28.7 Å². The molecule has 0 spiro atoms. The van der Waals surface area contributed by atoms with Gasteiger partial charge in [-0.3, -0.25) is 48.3 Å². The van der Waals surface area contributed by atoms with E-state index in [4.69, 9.17) is 49.1 Å². The Morgan fingerprint density at radius 2 is 0.774 bits per heavy atom. The summed E-state index contributed by atoms with van der Waals surface area (Å²) in [5, 5.41) is 41.4. The van der Waals surface area contributed by atoms with Crippen LogP contribution < -0.4 is 43.0 Å². The van der Waals surface area contributed by atoms with Crippen LogP contribution in [-0.2, 0) is 57.3 Å². The molecule has 0 radical (unpaired) electrons. The number of likely N-dealkylation sites (N-methyl/N-ethyl adjacent to an activating group) is 3. The van der Waals surface area contributed by atoms with E-state index in [2.05, 4.69) is 99.5 Å². The van der Waals surface area contributed by atoms with Crippen LogP contribution in [0.5, 0.6) is 0 Å². The Hall–Kier alpha value is -11.5. The number of halogens is 2. The Morgan fingerprint density at radius 3 is 1.21 bits per heavy atom. The number of amides is 8. The van der Waals surface area contributed by atoms with Gasteiger partial charge >= 0.3 is 0 Å². The standard InChI is InChI=1S/C28H34FN5O3S.C28H34N4O3S.C27H33N5O3S.C25H30FN5O4S/c1-16-13-20(21-14-19(29)6-7-22(21)31-16)23-15-38-27(32-23)24-5-4-10-34(24)28(36)25(18-8-11-37-12-9-18)33-26(35)17(2)30-3;1-2-22(29)26(33)31-25(19-12-15-35-16-13-19)28(34)32-14-6-11-24(32)27-30-23(17-36-27)21-10-5-8-18-7-3-4-9-20(18)21;1-17(28-2)25(33)31-24(18-10-14-35-15-11-18)27(34)32-13-5-8-23(32)26-30-22(16-36-26)20-9-12-29-21-7-4-3-6-19(20)21;1-14(27-2)23(32)29-21(15-7-10-34-11-8-15)25(33)31-9-3-4-19(31)24-28-18(13-36-24)22-17-12-16(26)5-6-20(17)35-30-22/h6-7,13-15,17-18,24-25,30H,4-5,8-12H2,1-3H3,(H,33,35);3-5,7-10,17,19,22,24-25H,2,6,11-16,29H2,1H3,(H,31,33);3-4,6-7,9,12,16-18,23-24,28H,5,8,10-11,13-15H2,1-2H3,(H,31,33);5-6,12-15,19,21,27H,3-4,7-11H2,1-2H3,(H,29,32)/t17-,24?,25-;22-,24-,25-;17-,23?,24-;14-,19?,21-/m0000/s1. The van der Waals surface area contributed by atoms with Crippen LogP contribution in [0, 0.1) is 42.2 Å². The summed E-state index contributed by atoms with van der Waals surface area (Å²) in [7, 11) is 5.20. The SMILES string of the molecule is CC[C@H](N)C(=O)N[C@H](C(=O)N1CCC[C@H]1c1nc(-c2cccc3ccccc23)cs1)C1CCOCC1.CN[C@@H](C)C(=O)N[C@H](C(=O)N1CCCC1c1nc(-c2cc(C)nc3ccc(F)cc23)cs1)C1CCOCC1.CN[C@@H](C)C(=O)N[C@H](C(=O)N1CCCC1c1nc(-c2ccnc3ccccc23)cs1)C1CCOCC1.CN[C@@H](C)C(=O)N[C@H](C(=O)N1CCCC1c1nc(-c2noc3ccc(F)cc23)cs1)C1CCOCC1. The fraction of sp³-hybridized carbons (Fsp3) is 0.491. The number of para-hydroxylation sites is 1. The van der Waals surface area contributed by atoms with Crippen molar-refractivity contribution in [2.24, 2.45) is 29.4 Å². The Bertz CT molecular complexity index is 6360. The van der Waals surface area contributed by atoms with E-state index in [-0.39, 0.29) is 113 Å². The molecule has 9 N–H and O–H groups in total. The molecule has 0 saturated carbocycles. The van der Waals surface area contributed by atoms with Crippen LogP contribution >= 0.6 is 45.3 Å². The van der Waals surface area contributed by atoms with Crippen molar-refractivity contribution in [2.45, 2.75) is 216 Å². The van der Waals surface area contributed by atoms with Gasteiger partial charge in [0.05, 0.1) is 81.8 Å². The third kappa shape index (κ3) is 24.5. The molecule has 8 aliphatic rings. The number of fused-ring (bicyclic) bond motifs is 4. The van der Waals surface area contributed by atoms with Gasteiger partial charge in [0.15, 0.2) is 5.58 Å². The maximum absolute atomic E-state index is 14.1. The van der Waals surface area contributed by atoms with Gasteiger partial charge < -0.3 is 86.0 Å². The molecule has 32 nitrogen and oxygen atoms in total. The van der Waals surface area contributed by atoms with Crippen LogP contribution in [-0.4, -0.2) is 250 Å². The molecule has 8 saturated heterocycles. The van der Waals surface area contributed by atoms with E-state index < -0.39 is 42.3 Å². The van der Waals surface area contributed by atoms with Gasteiger partial charge in [-0.2, -0.15) is 0 Å². The molecule has 8 amide bonds. The molecule has 0 aliphatic carbocycles. The Balaban J connectivity index is 0.000000133. The number of nitrogens with two attached hydrogens (primary N) is 1. The van der Waals surface area contributed by atoms with Crippen molar-refractivity contribution in [1.29, 1.82) is 0 Å². The molecular weight excluding hydrogens is 1940 g/mol. The summed E-state index contributed by atoms with van der Waals surface area (Å²) < 4.78 is 55.3. The summed E-state index contributed by atoms with van der Waals surface area (Å²) in [5.74, 6) is -1.49. The molecular formula is C108H131F2N19O13S4. The first-order chi connectivity index (χ1) is 70.9. The Labute approximate surface area is 864 Å². The van der Waals surface area contributed by atoms with Crippen LogP contribution in [0.3, 0.4) is 0 Å². The normalized spacial score (nSPS) is 20.3. The van der Waals surface area contributed by atoms with E-state index in [1.807, 2.05) is 92.9 Å². The van der Waals surface area contributed by atoms with Gasteiger partial charge in [0.25, 0.3) is 0 Å². The number of hydrogen-bond donors (Lipinski definition) is 8. The minimum Gasteiger partial charge on any atom is -0.381 e. The van der Waals surface area contributed by atoms with Gasteiger partial charge in [-0.1, -0.05) is 72.7 Å². The molecule has 5 aromatic carbocycles. The van der Waals surface area contributed by atoms with Gasteiger partial charge in [0, 0.05) is 140 Å². The van der Waals surface area contributed by atoms with Gasteiger partial charge in [0.1, 0.15) is 67.2 Å². The van der Waals surface area contributed by atoms with Crippen molar-refractivity contribution in [3.05, 3.63) is 180 Å². The summed E-state index contributed by atoms with van der Waals surface area (Å²) in [6.07, 6.45) is 15.2. The van der Waals surface area contributed by atoms with Gasteiger partial charge in [-0.05, 0) is 247 Å². The Kier molecular flexibility index (Phi) is 35.9. The summed E-state index contributed by atoms with van der Waals surface area (Å²) in [6.45, 7) is 16.5. The minimum absolute atomic E-state index is 0.00726. The molecule has 0 bridgehead atoms. The number of benzene rings is 5. The highest BCUT2D eigenvalue weighted by molar-refractivity contribution is 7.11. The first kappa shape index (κ1) is 106. The monoisotopic (exact) mass is 2070 g/mol. The second-order valence-electron chi connectivity index (χ2n) is 38.9. The fourth-order valence-corrected chi connectivity index (χ4v) is 24.8. The fourth-order valence-electron chi connectivity index (χ4n) is 20.9. The molecule has 3 unspecified atom stereocenters. The van der Waals surface area contributed by atoms with Gasteiger partial charge in [0.2, 0.25) is 47.3 Å². The van der Waals surface area contributed by atoms with Crippen LogP contribution in [0.25, 0.3) is 88.7 Å². The molecule has 8 fully saturated rings. The number of nitrogens with zero attached hydrogens (tertiary/aromatic N) is 11. The number of aromatic nitrogens is 7. The summed E-state index contributed by atoms with van der Waals surface area (Å²) in [4.78, 5) is 143. The van der Waals surface area contributed by atoms with E-state index in [0.29, 0.717) is 113 Å². The number of thiazole rings is 4. The maximum atomic E-state index is 14.1. The lowest BCUT2D eigenvalue weighted by Crippen LogP contribution is -2.56. The largest absolute Gasteiger partial charge is 0.381 e. The lowest BCUT2D eigenvalue weighted by Gasteiger charge is -2.35. The zero-order valence-electron chi connectivity index (χ0n) is 83.8. The summed E-state index contributed by atoms with van der Waals surface area (Å²) in [5.41, 5.74) is 15.6. The Morgan fingerprint density at radius 1 is 0.404 bits per heavy atom. The first-order valence-electron chi connectivity index (χ1n) is 51.2. The second-order valence-corrected chi connectivity index (χ2v) is 42.4. The molecule has 8 aliphatic heterocycles.